The lowest BCUT2D eigenvalue weighted by Gasteiger charge is -2.29. The lowest BCUT2D eigenvalue weighted by molar-refractivity contribution is -0.143. The van der Waals surface area contributed by atoms with Crippen molar-refractivity contribution in [3.63, 3.8) is 0 Å². The molecule has 0 radical (unpaired) electrons. The number of rotatable bonds is 31. The number of aromatic hydroxyl groups is 1. The Morgan fingerprint density at radius 3 is 1.73 bits per heavy atom. The second kappa shape index (κ2) is 30.0. The number of hydrogen-bond acceptors (Lipinski definition) is 12. The number of nitrogens with two attached hydrogens (primary N) is 3. The number of phenolic OH excluding ortho intramolecular Hbond substituents is 1. The van der Waals surface area contributed by atoms with Crippen molar-refractivity contribution < 1.29 is 48.6 Å². The summed E-state index contributed by atoms with van der Waals surface area (Å²) >= 11 is 0. The molecule has 2 aromatic rings. The maximum absolute atomic E-state index is 14.3. The van der Waals surface area contributed by atoms with E-state index >= 15 is 0 Å². The first-order valence-electron chi connectivity index (χ1n) is 23.8. The minimum Gasteiger partial charge on any atom is -0.508 e. The number of aromatic amines is 1. The zero-order valence-electron chi connectivity index (χ0n) is 41.7. The standard InChI is InChI=1S/C47H77N13O10/c1-9-27(7)38(59-40(63)32(48)12-11-17-52-47(49)50)44(67)53-23-37(62)55-35(21-30-22-51-24-54-30)42(65)56-33(18-25(3)4)41(64)57-34(20-29-13-15-31(61)16-14-29)43(66)60-39(28(8)10-2)45(68)58-36(46(69)70)19-26(5)6/h13-16,22,24-28,32-36,38-39,61H,9-12,17-21,23,48H2,1-8H3,(H,51,54)(H,53,67)(H,55,62)(H,56,65)(H,57,64)(H,58,68)(H,59,63)(H,60,66)(H,69,70)(H4,49,50,52)/t27-,28-,32-,33-,34-,35-,36-,38-,39-/m0/s1. The first-order chi connectivity index (χ1) is 32.9. The molecule has 0 saturated heterocycles. The van der Waals surface area contributed by atoms with Gasteiger partial charge in [-0.25, -0.2) is 9.78 Å². The molecule has 0 unspecified atom stereocenters. The maximum atomic E-state index is 14.3. The van der Waals surface area contributed by atoms with Gasteiger partial charge in [0.2, 0.25) is 41.4 Å². The van der Waals surface area contributed by atoms with Gasteiger partial charge in [0.1, 0.15) is 42.0 Å². The fourth-order valence-corrected chi connectivity index (χ4v) is 7.20. The number of carbonyl (C=O) groups excluding carboxylic acids is 7. The van der Waals surface area contributed by atoms with Gasteiger partial charge >= 0.3 is 5.97 Å². The Hall–Kier alpha value is -6.78. The molecular weight excluding hydrogens is 907 g/mol. The summed E-state index contributed by atoms with van der Waals surface area (Å²) in [6.07, 6.45) is 4.41. The van der Waals surface area contributed by atoms with Crippen LogP contribution in [0, 0.1) is 23.7 Å². The molecule has 0 aliphatic heterocycles. The van der Waals surface area contributed by atoms with Crippen molar-refractivity contribution in [2.24, 2.45) is 45.9 Å². The summed E-state index contributed by atoms with van der Waals surface area (Å²) in [5.41, 5.74) is 17.7. The maximum Gasteiger partial charge on any atom is 0.326 e. The van der Waals surface area contributed by atoms with Crippen LogP contribution in [0.1, 0.15) is 105 Å². The van der Waals surface area contributed by atoms with E-state index in [1.807, 2.05) is 34.6 Å². The second-order valence-corrected chi connectivity index (χ2v) is 18.6. The van der Waals surface area contributed by atoms with Gasteiger partial charge in [-0.1, -0.05) is 80.4 Å². The van der Waals surface area contributed by atoms with Crippen LogP contribution in [0.2, 0.25) is 0 Å². The number of carboxylic acids is 1. The van der Waals surface area contributed by atoms with E-state index in [9.17, 15) is 48.6 Å². The van der Waals surface area contributed by atoms with Gasteiger partial charge in [0.05, 0.1) is 18.9 Å². The number of aromatic nitrogens is 2. The Kier molecular flexibility index (Phi) is 25.4. The van der Waals surface area contributed by atoms with Crippen LogP contribution < -0.4 is 54.4 Å². The number of carbonyl (C=O) groups is 8. The smallest absolute Gasteiger partial charge is 0.326 e. The highest BCUT2D eigenvalue weighted by atomic mass is 16.4. The van der Waals surface area contributed by atoms with E-state index in [0.29, 0.717) is 30.5 Å². The summed E-state index contributed by atoms with van der Waals surface area (Å²) < 4.78 is 0. The predicted octanol–water partition coefficient (Wildman–Crippen LogP) is -0.425. The lowest BCUT2D eigenvalue weighted by atomic mass is 9.96. The number of phenols is 1. The third-order valence-corrected chi connectivity index (χ3v) is 11.6. The number of benzene rings is 1. The summed E-state index contributed by atoms with van der Waals surface area (Å²) in [5, 5.41) is 38.3. The topological polar surface area (TPSA) is 380 Å². The number of hydrogen-bond donors (Lipinski definition) is 13. The monoisotopic (exact) mass is 984 g/mol. The van der Waals surface area contributed by atoms with Gasteiger partial charge in [0.15, 0.2) is 5.96 Å². The number of guanidine groups is 1. The van der Waals surface area contributed by atoms with E-state index in [1.54, 1.807) is 32.9 Å². The van der Waals surface area contributed by atoms with Gasteiger partial charge in [-0.3, -0.25) is 38.6 Å². The number of amides is 7. The summed E-state index contributed by atoms with van der Waals surface area (Å²) in [4.78, 5) is 119. The Labute approximate surface area is 409 Å². The van der Waals surface area contributed by atoms with Crippen LogP contribution >= 0.6 is 0 Å². The number of carboxylic acid groups (broad SMARTS) is 1. The first kappa shape index (κ1) is 59.3. The fourth-order valence-electron chi connectivity index (χ4n) is 7.20. The highest BCUT2D eigenvalue weighted by molar-refractivity contribution is 5.97. The van der Waals surface area contributed by atoms with Crippen molar-refractivity contribution in [2.45, 2.75) is 149 Å². The number of aliphatic carboxylic acids is 1. The average Bonchev–Trinajstić information content (AvgIpc) is 3.82. The van der Waals surface area contributed by atoms with Crippen LogP contribution in [-0.2, 0) is 51.2 Å². The Balaban J connectivity index is 2.35. The van der Waals surface area contributed by atoms with E-state index in [0.717, 1.165) is 0 Å². The highest BCUT2D eigenvalue weighted by Crippen LogP contribution is 2.16. The molecule has 9 atom stereocenters. The SMILES string of the molecule is CC[C@H](C)[C@H](NC(=O)[C@H](Cc1ccc(O)cc1)NC(=O)[C@H](CC(C)C)NC(=O)[C@H](Cc1cnc[nH]1)NC(=O)CNC(=O)[C@@H](NC(=O)[C@@H](N)CCCN=C(N)N)[C@@H](C)CC)C(=O)N[C@@H](CC(C)C)C(=O)O. The lowest BCUT2D eigenvalue weighted by Crippen LogP contribution is -2.60. The number of imidazole rings is 1. The van der Waals surface area contributed by atoms with Crippen LogP contribution in [-0.4, -0.2) is 129 Å². The second-order valence-electron chi connectivity index (χ2n) is 18.6. The van der Waals surface area contributed by atoms with Crippen molar-refractivity contribution in [1.82, 2.24) is 47.2 Å². The largest absolute Gasteiger partial charge is 0.508 e. The molecule has 16 N–H and O–H groups in total. The molecule has 70 heavy (non-hydrogen) atoms. The van der Waals surface area contributed by atoms with Gasteiger partial charge in [-0.2, -0.15) is 0 Å². The summed E-state index contributed by atoms with van der Waals surface area (Å²) in [7, 11) is 0. The van der Waals surface area contributed by atoms with Gasteiger partial charge < -0.3 is 69.6 Å². The van der Waals surface area contributed by atoms with E-state index in [1.165, 1.54) is 24.7 Å². The molecule has 2 rings (SSSR count). The molecule has 0 fully saturated rings. The van der Waals surface area contributed by atoms with Crippen LogP contribution in [0.4, 0.5) is 0 Å². The Morgan fingerprint density at radius 1 is 0.671 bits per heavy atom. The Morgan fingerprint density at radius 2 is 1.19 bits per heavy atom. The molecule has 7 amide bonds. The molecule has 1 heterocycles. The van der Waals surface area contributed by atoms with Gasteiger partial charge in [0, 0.05) is 31.3 Å². The third kappa shape index (κ3) is 21.2. The molecule has 23 heteroatoms. The molecule has 0 bridgehead atoms. The normalized spacial score (nSPS) is 15.1. The van der Waals surface area contributed by atoms with Crippen molar-refractivity contribution >= 4 is 53.3 Å². The van der Waals surface area contributed by atoms with Crippen LogP contribution in [0.3, 0.4) is 0 Å². The summed E-state index contributed by atoms with van der Waals surface area (Å²) in [5.74, 6) is -7.46. The van der Waals surface area contributed by atoms with E-state index in [2.05, 4.69) is 52.2 Å². The molecule has 0 spiro atoms. The van der Waals surface area contributed by atoms with Crippen molar-refractivity contribution in [1.29, 1.82) is 0 Å². The predicted molar refractivity (Wildman–Crippen MR) is 262 cm³/mol. The first-order valence-corrected chi connectivity index (χ1v) is 23.8. The molecule has 0 saturated carbocycles. The summed E-state index contributed by atoms with van der Waals surface area (Å²) in [6.45, 7) is 14.0. The third-order valence-electron chi connectivity index (χ3n) is 11.6. The van der Waals surface area contributed by atoms with E-state index in [-0.39, 0.29) is 68.1 Å². The van der Waals surface area contributed by atoms with Gasteiger partial charge in [-0.15, -0.1) is 0 Å². The van der Waals surface area contributed by atoms with Crippen LogP contribution in [0.25, 0.3) is 0 Å². The minimum atomic E-state index is -1.34. The highest BCUT2D eigenvalue weighted by Gasteiger charge is 2.35. The number of H-pyrrole nitrogens is 1. The number of nitrogens with one attached hydrogen (secondary N) is 8. The molecule has 0 aliphatic rings. The Bertz CT molecular complexity index is 2040. The van der Waals surface area contributed by atoms with Crippen LogP contribution in [0.15, 0.2) is 41.8 Å². The average molecular weight is 984 g/mol. The molecule has 1 aromatic heterocycles. The van der Waals surface area contributed by atoms with Crippen molar-refractivity contribution in [3.05, 3.63) is 48.0 Å². The quantitative estimate of drug-likeness (QED) is 0.0259. The molecule has 0 aliphatic carbocycles. The molecule has 23 nitrogen and oxygen atoms in total. The number of nitrogens with zero attached hydrogens (tertiary/aromatic N) is 2. The number of aliphatic imine (C=N–C) groups is 1. The molecule has 390 valence electrons. The van der Waals surface area contributed by atoms with Crippen molar-refractivity contribution in [2.75, 3.05) is 13.1 Å². The molecule has 1 aromatic carbocycles. The van der Waals surface area contributed by atoms with Gasteiger partial charge in [0.25, 0.3) is 0 Å². The van der Waals surface area contributed by atoms with E-state index in [4.69, 9.17) is 17.2 Å². The summed E-state index contributed by atoms with van der Waals surface area (Å²) in [6, 6.07) is -2.41. The van der Waals surface area contributed by atoms with Crippen molar-refractivity contribution in [3.8, 4) is 5.75 Å². The van der Waals surface area contributed by atoms with E-state index < -0.39 is 102 Å². The minimum absolute atomic E-state index is 0.0379. The fraction of sp³-hybridized carbons (Fsp3) is 0.617. The van der Waals surface area contributed by atoms with Gasteiger partial charge in [-0.05, 0) is 67.1 Å². The van der Waals surface area contributed by atoms with Crippen LogP contribution in [0.5, 0.6) is 5.75 Å². The molecular formula is C47H77N13O10. The zero-order valence-corrected chi connectivity index (χ0v) is 41.7. The zero-order chi connectivity index (χ0) is 52.7.